The van der Waals surface area contributed by atoms with Gasteiger partial charge in [0.25, 0.3) is 0 Å². The zero-order valence-electron chi connectivity index (χ0n) is 8.21. The van der Waals surface area contributed by atoms with Gasteiger partial charge in [0, 0.05) is 17.6 Å². The quantitative estimate of drug-likeness (QED) is 0.578. The molecule has 2 nitrogen and oxygen atoms in total. The second-order valence-corrected chi connectivity index (χ2v) is 3.86. The molecule has 0 aliphatic heterocycles. The maximum absolute atomic E-state index is 4.37. The fourth-order valence-corrected chi connectivity index (χ4v) is 1.77. The molecule has 0 unspecified atom stereocenters. The van der Waals surface area contributed by atoms with Crippen molar-refractivity contribution in [3.8, 4) is 0 Å². The highest BCUT2D eigenvalue weighted by Gasteiger charge is 1.95. The molecule has 72 valence electrons. The zero-order chi connectivity index (χ0) is 9.52. The van der Waals surface area contributed by atoms with Gasteiger partial charge in [-0.05, 0) is 26.8 Å². The first-order valence-corrected chi connectivity index (χ1v) is 5.43. The fraction of sp³-hybridized carbons (Fsp3) is 0.500. The largest absolute Gasteiger partial charge is 0.310 e. The highest BCUT2D eigenvalue weighted by atomic mass is 32.1. The lowest BCUT2D eigenvalue weighted by Crippen LogP contribution is -2.13. The maximum Gasteiger partial charge on any atom is 0.107 e. The van der Waals surface area contributed by atoms with E-state index in [1.807, 2.05) is 13.8 Å². The second kappa shape index (κ2) is 5.89. The smallest absolute Gasteiger partial charge is 0.107 e. The molecule has 0 bridgehead atoms. The van der Waals surface area contributed by atoms with Gasteiger partial charge in [0.1, 0.15) is 5.01 Å². The van der Waals surface area contributed by atoms with Gasteiger partial charge >= 0.3 is 0 Å². The lowest BCUT2D eigenvalue weighted by molar-refractivity contribution is 0.691. The molecule has 3 heteroatoms. The molecule has 0 aliphatic carbocycles. The van der Waals surface area contributed by atoms with E-state index >= 15 is 0 Å². The lowest BCUT2D eigenvalue weighted by Gasteiger charge is -1.98. The SMILES string of the molecule is C/C=C/CCNCc1nc(C)cs1. The molecule has 1 aromatic rings. The third kappa shape index (κ3) is 4.20. The van der Waals surface area contributed by atoms with Gasteiger partial charge in [0.05, 0.1) is 0 Å². The number of allylic oxidation sites excluding steroid dienone is 1. The molecule has 1 N–H and O–H groups in total. The summed E-state index contributed by atoms with van der Waals surface area (Å²) in [6.07, 6.45) is 5.34. The fourth-order valence-electron chi connectivity index (χ4n) is 1.03. The van der Waals surface area contributed by atoms with Gasteiger partial charge in [-0.2, -0.15) is 0 Å². The first-order valence-electron chi connectivity index (χ1n) is 4.56. The van der Waals surface area contributed by atoms with Gasteiger partial charge in [0.2, 0.25) is 0 Å². The van der Waals surface area contributed by atoms with Crippen molar-refractivity contribution in [1.29, 1.82) is 0 Å². The van der Waals surface area contributed by atoms with Crippen LogP contribution in [0.15, 0.2) is 17.5 Å². The minimum Gasteiger partial charge on any atom is -0.310 e. The molecule has 0 aromatic carbocycles. The Kier molecular flexibility index (Phi) is 4.72. The van der Waals surface area contributed by atoms with Crippen LogP contribution in [-0.4, -0.2) is 11.5 Å². The van der Waals surface area contributed by atoms with Crippen LogP contribution >= 0.6 is 11.3 Å². The van der Waals surface area contributed by atoms with Gasteiger partial charge in [-0.3, -0.25) is 0 Å². The number of hydrogen-bond acceptors (Lipinski definition) is 3. The number of aryl methyl sites for hydroxylation is 1. The first kappa shape index (κ1) is 10.4. The molecule has 0 amide bonds. The number of rotatable bonds is 5. The van der Waals surface area contributed by atoms with Crippen LogP contribution in [0.3, 0.4) is 0 Å². The van der Waals surface area contributed by atoms with E-state index in [1.165, 1.54) is 5.01 Å². The molecule has 1 aromatic heterocycles. The Morgan fingerprint density at radius 1 is 1.62 bits per heavy atom. The summed E-state index contributed by atoms with van der Waals surface area (Å²) < 4.78 is 0. The van der Waals surface area contributed by atoms with E-state index in [2.05, 4.69) is 27.8 Å². The van der Waals surface area contributed by atoms with Crippen LogP contribution < -0.4 is 5.32 Å². The molecular weight excluding hydrogens is 180 g/mol. The number of thiazole rings is 1. The molecule has 1 heterocycles. The van der Waals surface area contributed by atoms with Gasteiger partial charge in [-0.1, -0.05) is 12.2 Å². The molecule has 0 atom stereocenters. The normalized spacial score (nSPS) is 11.2. The number of aromatic nitrogens is 1. The molecule has 0 fully saturated rings. The molecular formula is C10H16N2S. The van der Waals surface area contributed by atoms with E-state index in [9.17, 15) is 0 Å². The molecule has 0 aliphatic rings. The van der Waals surface area contributed by atoms with Crippen LogP contribution in [0, 0.1) is 6.92 Å². The predicted molar refractivity (Wildman–Crippen MR) is 58.0 cm³/mol. The summed E-state index contributed by atoms with van der Waals surface area (Å²) >= 11 is 1.72. The second-order valence-electron chi connectivity index (χ2n) is 2.92. The van der Waals surface area contributed by atoms with Crippen LogP contribution in [0.1, 0.15) is 24.0 Å². The molecule has 1 rings (SSSR count). The highest BCUT2D eigenvalue weighted by Crippen LogP contribution is 2.07. The zero-order valence-corrected chi connectivity index (χ0v) is 9.03. The number of hydrogen-bond donors (Lipinski definition) is 1. The summed E-state index contributed by atoms with van der Waals surface area (Å²) in [4.78, 5) is 4.37. The van der Waals surface area contributed by atoms with Crippen molar-refractivity contribution in [2.24, 2.45) is 0 Å². The Balaban J connectivity index is 2.13. The minimum atomic E-state index is 0.899. The third-order valence-corrected chi connectivity index (χ3v) is 2.63. The van der Waals surface area contributed by atoms with Crippen LogP contribution in [0.2, 0.25) is 0 Å². The van der Waals surface area contributed by atoms with Gasteiger partial charge < -0.3 is 5.32 Å². The van der Waals surface area contributed by atoms with Crippen molar-refractivity contribution in [3.05, 3.63) is 28.2 Å². The van der Waals surface area contributed by atoms with Crippen LogP contribution in [-0.2, 0) is 6.54 Å². The molecule has 0 radical (unpaired) electrons. The average Bonchev–Trinajstić information content (AvgIpc) is 2.51. The Hall–Kier alpha value is -0.670. The van der Waals surface area contributed by atoms with E-state index in [4.69, 9.17) is 0 Å². The Morgan fingerprint density at radius 2 is 2.46 bits per heavy atom. The van der Waals surface area contributed by atoms with Gasteiger partial charge in [-0.15, -0.1) is 11.3 Å². The third-order valence-electron chi connectivity index (χ3n) is 1.67. The van der Waals surface area contributed by atoms with Gasteiger partial charge in [-0.25, -0.2) is 4.98 Å². The van der Waals surface area contributed by atoms with E-state index in [0.717, 1.165) is 25.2 Å². The summed E-state index contributed by atoms with van der Waals surface area (Å²) in [5, 5.41) is 6.61. The number of nitrogens with one attached hydrogen (secondary N) is 1. The molecule has 0 saturated heterocycles. The minimum absolute atomic E-state index is 0.899. The van der Waals surface area contributed by atoms with E-state index in [1.54, 1.807) is 11.3 Å². The first-order chi connectivity index (χ1) is 6.33. The van der Waals surface area contributed by atoms with Crippen LogP contribution in [0.4, 0.5) is 0 Å². The average molecular weight is 196 g/mol. The molecule has 13 heavy (non-hydrogen) atoms. The summed E-state index contributed by atoms with van der Waals surface area (Å²) in [5.74, 6) is 0. The van der Waals surface area contributed by atoms with Crippen LogP contribution in [0.5, 0.6) is 0 Å². The standard InChI is InChI=1S/C10H16N2S/c1-3-4-5-6-11-7-10-12-9(2)8-13-10/h3-4,8,11H,5-7H2,1-2H3/b4-3+. The van der Waals surface area contributed by atoms with Crippen molar-refractivity contribution < 1.29 is 0 Å². The monoisotopic (exact) mass is 196 g/mol. The Labute approximate surface area is 83.7 Å². The van der Waals surface area contributed by atoms with Crippen molar-refractivity contribution in [2.75, 3.05) is 6.54 Å². The topological polar surface area (TPSA) is 24.9 Å². The van der Waals surface area contributed by atoms with Crippen molar-refractivity contribution in [2.45, 2.75) is 26.8 Å². The Bertz CT molecular complexity index is 266. The van der Waals surface area contributed by atoms with Gasteiger partial charge in [0.15, 0.2) is 0 Å². The van der Waals surface area contributed by atoms with Crippen molar-refractivity contribution >= 4 is 11.3 Å². The lowest BCUT2D eigenvalue weighted by atomic mass is 10.4. The summed E-state index contributed by atoms with van der Waals surface area (Å²) in [6, 6.07) is 0. The highest BCUT2D eigenvalue weighted by molar-refractivity contribution is 7.09. The van der Waals surface area contributed by atoms with E-state index in [0.29, 0.717) is 0 Å². The summed E-state index contributed by atoms with van der Waals surface area (Å²) in [6.45, 7) is 6.00. The molecule has 0 saturated carbocycles. The van der Waals surface area contributed by atoms with Crippen LogP contribution in [0.25, 0.3) is 0 Å². The Morgan fingerprint density at radius 3 is 3.08 bits per heavy atom. The van der Waals surface area contributed by atoms with E-state index < -0.39 is 0 Å². The summed E-state index contributed by atoms with van der Waals surface area (Å²) in [7, 11) is 0. The maximum atomic E-state index is 4.37. The van der Waals surface area contributed by atoms with E-state index in [-0.39, 0.29) is 0 Å². The number of nitrogens with zero attached hydrogens (tertiary/aromatic N) is 1. The van der Waals surface area contributed by atoms with Crippen molar-refractivity contribution in [1.82, 2.24) is 10.3 Å². The molecule has 0 spiro atoms. The summed E-state index contributed by atoms with van der Waals surface area (Å²) in [5.41, 5.74) is 1.12. The predicted octanol–water partition coefficient (Wildman–Crippen LogP) is 2.51. The van der Waals surface area contributed by atoms with Crippen molar-refractivity contribution in [3.63, 3.8) is 0 Å².